The van der Waals surface area contributed by atoms with Gasteiger partial charge in [-0.05, 0) is 44.6 Å². The molecule has 108 valence electrons. The molecule has 1 heterocycles. The first-order chi connectivity index (χ1) is 8.74. The minimum absolute atomic E-state index is 0. The Morgan fingerprint density at radius 1 is 1.47 bits per heavy atom. The molecule has 0 amide bonds. The number of rotatable bonds is 5. The number of likely N-dealkylation sites (N-methyl/N-ethyl adjacent to an activating group) is 1. The van der Waals surface area contributed by atoms with Gasteiger partial charge in [0.25, 0.3) is 0 Å². The lowest BCUT2D eigenvalue weighted by Crippen LogP contribution is -2.36. The summed E-state index contributed by atoms with van der Waals surface area (Å²) in [4.78, 5) is 2.50. The van der Waals surface area contributed by atoms with Crippen molar-refractivity contribution in [1.29, 1.82) is 0 Å². The molecule has 0 spiro atoms. The normalized spacial score (nSPS) is 19.2. The van der Waals surface area contributed by atoms with Gasteiger partial charge in [0.1, 0.15) is 5.75 Å². The van der Waals surface area contributed by atoms with Crippen molar-refractivity contribution in [3.8, 4) is 5.75 Å². The van der Waals surface area contributed by atoms with Gasteiger partial charge < -0.3 is 10.1 Å². The van der Waals surface area contributed by atoms with E-state index in [1.807, 2.05) is 25.2 Å². The molecular weight excluding hydrogens is 283 g/mol. The fourth-order valence-corrected chi connectivity index (χ4v) is 2.85. The monoisotopic (exact) mass is 304 g/mol. The third-order valence-corrected chi connectivity index (χ3v) is 3.79. The molecule has 1 aliphatic rings. The van der Waals surface area contributed by atoms with Gasteiger partial charge in [-0.2, -0.15) is 0 Å². The zero-order chi connectivity index (χ0) is 13.0. The van der Waals surface area contributed by atoms with Crippen LogP contribution in [0.4, 0.5) is 0 Å². The molecule has 1 aliphatic heterocycles. The average molecular weight is 305 g/mol. The van der Waals surface area contributed by atoms with Crippen LogP contribution in [0, 0.1) is 0 Å². The molecule has 0 bridgehead atoms. The fourth-order valence-electron chi connectivity index (χ4n) is 2.66. The van der Waals surface area contributed by atoms with Gasteiger partial charge >= 0.3 is 0 Å². The zero-order valence-electron chi connectivity index (χ0n) is 11.5. The van der Waals surface area contributed by atoms with Gasteiger partial charge in [0.05, 0.1) is 7.11 Å². The fraction of sp³-hybridized carbons (Fsp3) is 0.571. The second kappa shape index (κ2) is 7.95. The van der Waals surface area contributed by atoms with E-state index in [0.717, 1.165) is 30.4 Å². The molecule has 1 saturated heterocycles. The summed E-state index contributed by atoms with van der Waals surface area (Å²) in [6.07, 6.45) is 2.54. The highest BCUT2D eigenvalue weighted by Crippen LogP contribution is 2.27. The predicted octanol–water partition coefficient (Wildman–Crippen LogP) is 2.95. The summed E-state index contributed by atoms with van der Waals surface area (Å²) in [5.74, 6) is 0.925. The molecule has 1 aromatic carbocycles. The highest BCUT2D eigenvalue weighted by molar-refractivity contribution is 6.30. The third-order valence-electron chi connectivity index (χ3n) is 3.55. The topological polar surface area (TPSA) is 24.5 Å². The van der Waals surface area contributed by atoms with E-state index in [1.54, 1.807) is 7.11 Å². The standard InChI is InChI=1S/C14H21ClN2O.ClH/c1-16-9-13-4-3-7-17(13)10-11-8-12(15)5-6-14(11)18-2;/h5-6,8,13,16H,3-4,7,9-10H2,1-2H3;1H. The van der Waals surface area contributed by atoms with Crippen LogP contribution in [0.2, 0.25) is 5.02 Å². The second-order valence-electron chi connectivity index (χ2n) is 4.78. The summed E-state index contributed by atoms with van der Waals surface area (Å²) in [7, 11) is 3.72. The van der Waals surface area contributed by atoms with Crippen LogP contribution in [-0.4, -0.2) is 38.2 Å². The second-order valence-corrected chi connectivity index (χ2v) is 5.22. The van der Waals surface area contributed by atoms with Crippen molar-refractivity contribution in [3.63, 3.8) is 0 Å². The number of nitrogens with zero attached hydrogens (tertiary/aromatic N) is 1. The summed E-state index contributed by atoms with van der Waals surface area (Å²) < 4.78 is 5.40. The van der Waals surface area contributed by atoms with Crippen LogP contribution < -0.4 is 10.1 Å². The van der Waals surface area contributed by atoms with Crippen molar-refractivity contribution in [1.82, 2.24) is 10.2 Å². The molecule has 1 atom stereocenters. The van der Waals surface area contributed by atoms with Crippen LogP contribution in [0.1, 0.15) is 18.4 Å². The summed E-state index contributed by atoms with van der Waals surface area (Å²) >= 11 is 6.07. The molecule has 0 aliphatic carbocycles. The van der Waals surface area contributed by atoms with Gasteiger partial charge in [0, 0.05) is 29.7 Å². The van der Waals surface area contributed by atoms with Crippen LogP contribution in [0.3, 0.4) is 0 Å². The Morgan fingerprint density at radius 2 is 2.26 bits per heavy atom. The Morgan fingerprint density at radius 3 is 2.95 bits per heavy atom. The summed E-state index contributed by atoms with van der Waals surface area (Å²) in [6, 6.07) is 6.45. The number of hydrogen-bond acceptors (Lipinski definition) is 3. The largest absolute Gasteiger partial charge is 0.496 e. The Balaban J connectivity index is 0.00000180. The highest BCUT2D eigenvalue weighted by atomic mass is 35.5. The van der Waals surface area contributed by atoms with Gasteiger partial charge in [0.2, 0.25) is 0 Å². The third kappa shape index (κ3) is 4.25. The average Bonchev–Trinajstić information content (AvgIpc) is 2.78. The van der Waals surface area contributed by atoms with E-state index in [1.165, 1.54) is 18.4 Å². The molecule has 0 radical (unpaired) electrons. The molecular formula is C14H22Cl2N2O. The number of likely N-dealkylation sites (tertiary alicyclic amines) is 1. The lowest BCUT2D eigenvalue weighted by Gasteiger charge is -2.25. The van der Waals surface area contributed by atoms with Crippen LogP contribution in [0.5, 0.6) is 5.75 Å². The minimum atomic E-state index is 0. The number of benzene rings is 1. The van der Waals surface area contributed by atoms with Crippen molar-refractivity contribution in [2.45, 2.75) is 25.4 Å². The molecule has 0 saturated carbocycles. The first-order valence-corrected chi connectivity index (χ1v) is 6.83. The van der Waals surface area contributed by atoms with Crippen molar-refractivity contribution >= 4 is 24.0 Å². The van der Waals surface area contributed by atoms with Crippen molar-refractivity contribution in [2.75, 3.05) is 27.2 Å². The Labute approximate surface area is 126 Å². The maximum absolute atomic E-state index is 6.07. The zero-order valence-corrected chi connectivity index (χ0v) is 13.1. The minimum Gasteiger partial charge on any atom is -0.496 e. The van der Waals surface area contributed by atoms with E-state index < -0.39 is 0 Å². The number of hydrogen-bond donors (Lipinski definition) is 1. The summed E-state index contributed by atoms with van der Waals surface area (Å²) in [5.41, 5.74) is 1.17. The molecule has 1 fully saturated rings. The van der Waals surface area contributed by atoms with E-state index in [9.17, 15) is 0 Å². The molecule has 5 heteroatoms. The summed E-state index contributed by atoms with van der Waals surface area (Å²) in [5, 5.41) is 4.04. The highest BCUT2D eigenvalue weighted by Gasteiger charge is 2.24. The molecule has 3 nitrogen and oxygen atoms in total. The number of ether oxygens (including phenoxy) is 1. The van der Waals surface area contributed by atoms with E-state index >= 15 is 0 Å². The van der Waals surface area contributed by atoms with Crippen molar-refractivity contribution < 1.29 is 4.74 Å². The molecule has 1 unspecified atom stereocenters. The van der Waals surface area contributed by atoms with Crippen molar-refractivity contribution in [3.05, 3.63) is 28.8 Å². The first-order valence-electron chi connectivity index (χ1n) is 6.45. The lowest BCUT2D eigenvalue weighted by molar-refractivity contribution is 0.239. The number of nitrogens with one attached hydrogen (secondary N) is 1. The van der Waals surface area contributed by atoms with Crippen LogP contribution >= 0.6 is 24.0 Å². The van der Waals surface area contributed by atoms with E-state index in [-0.39, 0.29) is 12.4 Å². The molecule has 0 aromatic heterocycles. The number of halogens is 2. The Bertz CT molecular complexity index is 401. The Kier molecular flexibility index (Phi) is 6.94. The first kappa shape index (κ1) is 16.6. The van der Waals surface area contributed by atoms with Gasteiger partial charge in [-0.25, -0.2) is 0 Å². The molecule has 1 N–H and O–H groups in total. The smallest absolute Gasteiger partial charge is 0.123 e. The van der Waals surface area contributed by atoms with E-state index in [2.05, 4.69) is 10.2 Å². The number of methoxy groups -OCH3 is 1. The Hall–Kier alpha value is -0.480. The van der Waals surface area contributed by atoms with Gasteiger partial charge in [0.15, 0.2) is 0 Å². The molecule has 2 rings (SSSR count). The van der Waals surface area contributed by atoms with Gasteiger partial charge in [-0.3, -0.25) is 4.90 Å². The maximum Gasteiger partial charge on any atom is 0.123 e. The van der Waals surface area contributed by atoms with E-state index in [4.69, 9.17) is 16.3 Å². The lowest BCUT2D eigenvalue weighted by atomic mass is 10.1. The van der Waals surface area contributed by atoms with E-state index in [0.29, 0.717) is 6.04 Å². The van der Waals surface area contributed by atoms with Gasteiger partial charge in [-0.1, -0.05) is 11.6 Å². The van der Waals surface area contributed by atoms with Crippen LogP contribution in [0.15, 0.2) is 18.2 Å². The van der Waals surface area contributed by atoms with Crippen LogP contribution in [-0.2, 0) is 6.54 Å². The SMILES string of the molecule is CNCC1CCCN1Cc1cc(Cl)ccc1OC.Cl. The van der Waals surface area contributed by atoms with Gasteiger partial charge in [-0.15, -0.1) is 12.4 Å². The maximum atomic E-state index is 6.07. The molecule has 1 aromatic rings. The summed E-state index contributed by atoms with van der Waals surface area (Å²) in [6.45, 7) is 3.11. The molecule has 19 heavy (non-hydrogen) atoms. The van der Waals surface area contributed by atoms with Crippen molar-refractivity contribution in [2.24, 2.45) is 0 Å². The van der Waals surface area contributed by atoms with Crippen LogP contribution in [0.25, 0.3) is 0 Å². The predicted molar refractivity (Wildman–Crippen MR) is 82.6 cm³/mol. The quantitative estimate of drug-likeness (QED) is 0.905.